The summed E-state index contributed by atoms with van der Waals surface area (Å²) in [4.78, 5) is 2.62. The molecule has 1 fully saturated rings. The fraction of sp³-hybridized carbons (Fsp3) is 0.536. The van der Waals surface area contributed by atoms with Gasteiger partial charge in [0.05, 0.1) is 11.5 Å². The molecule has 3 rings (SSSR count). The number of rotatable bonds is 11. The molecular formula is C28H37ClN2. The first-order valence-electron chi connectivity index (χ1n) is 12.0. The number of nitrogens with zero attached hydrogens (tertiary/aromatic N) is 2. The Hall–Kier alpha value is -1.82. The summed E-state index contributed by atoms with van der Waals surface area (Å²) < 4.78 is 0. The van der Waals surface area contributed by atoms with Gasteiger partial charge in [-0.05, 0) is 81.2 Å². The van der Waals surface area contributed by atoms with Gasteiger partial charge in [-0.25, -0.2) is 0 Å². The van der Waals surface area contributed by atoms with E-state index in [2.05, 4.69) is 67.3 Å². The maximum absolute atomic E-state index is 10.5. The Balaban J connectivity index is 1.72. The number of hydrogen-bond acceptors (Lipinski definition) is 2. The summed E-state index contributed by atoms with van der Waals surface area (Å²) in [5, 5.41) is 11.2. The third-order valence-corrected chi connectivity index (χ3v) is 7.48. The van der Waals surface area contributed by atoms with Crippen molar-refractivity contribution < 1.29 is 0 Å². The first-order chi connectivity index (χ1) is 15.1. The summed E-state index contributed by atoms with van der Waals surface area (Å²) in [6, 6.07) is 22.1. The number of halogens is 1. The molecule has 2 unspecified atom stereocenters. The van der Waals surface area contributed by atoms with Gasteiger partial charge >= 0.3 is 0 Å². The van der Waals surface area contributed by atoms with Crippen molar-refractivity contribution in [3.63, 3.8) is 0 Å². The summed E-state index contributed by atoms with van der Waals surface area (Å²) in [5.41, 5.74) is 2.16. The number of benzene rings is 2. The van der Waals surface area contributed by atoms with E-state index in [1.807, 2.05) is 12.1 Å². The van der Waals surface area contributed by atoms with E-state index in [0.29, 0.717) is 12.0 Å². The van der Waals surface area contributed by atoms with Crippen molar-refractivity contribution >= 4 is 11.6 Å². The zero-order valence-electron chi connectivity index (χ0n) is 19.2. The van der Waals surface area contributed by atoms with Crippen LogP contribution in [0.25, 0.3) is 0 Å². The van der Waals surface area contributed by atoms with Gasteiger partial charge < -0.3 is 4.90 Å². The van der Waals surface area contributed by atoms with Gasteiger partial charge in [0.2, 0.25) is 0 Å². The topological polar surface area (TPSA) is 27.0 Å². The zero-order valence-corrected chi connectivity index (χ0v) is 20.0. The van der Waals surface area contributed by atoms with Gasteiger partial charge in [-0.2, -0.15) is 5.26 Å². The van der Waals surface area contributed by atoms with Crippen molar-refractivity contribution in [2.45, 2.75) is 76.7 Å². The van der Waals surface area contributed by atoms with Crippen LogP contribution in [0.2, 0.25) is 5.02 Å². The number of hydrogen-bond donors (Lipinski definition) is 0. The Bertz CT molecular complexity index is 820. The van der Waals surface area contributed by atoms with Crippen molar-refractivity contribution in [1.29, 1.82) is 5.26 Å². The van der Waals surface area contributed by atoms with Gasteiger partial charge in [-0.3, -0.25) is 0 Å². The van der Waals surface area contributed by atoms with E-state index >= 15 is 0 Å². The van der Waals surface area contributed by atoms with Crippen molar-refractivity contribution in [3.8, 4) is 6.07 Å². The van der Waals surface area contributed by atoms with E-state index in [0.717, 1.165) is 62.2 Å². The second kappa shape index (κ2) is 11.7. The first kappa shape index (κ1) is 23.8. The van der Waals surface area contributed by atoms with E-state index in [1.54, 1.807) is 0 Å². The van der Waals surface area contributed by atoms with Gasteiger partial charge in [0.25, 0.3) is 0 Å². The largest absolute Gasteiger partial charge is 0.300 e. The van der Waals surface area contributed by atoms with Gasteiger partial charge in [0.15, 0.2) is 0 Å². The SMILES string of the molecule is CCCN(CCc1ccccc1)C(C)CCC(C#N)(c1ccc(Cl)cc1)C1CCCC1. The van der Waals surface area contributed by atoms with Crippen LogP contribution in [-0.2, 0) is 11.8 Å². The molecule has 0 radical (unpaired) electrons. The zero-order chi connectivity index (χ0) is 22.1. The summed E-state index contributed by atoms with van der Waals surface area (Å²) in [7, 11) is 0. The van der Waals surface area contributed by atoms with Crippen LogP contribution in [0.4, 0.5) is 0 Å². The maximum atomic E-state index is 10.5. The standard InChI is InChI=1S/C28H37ClN2/c1-3-20-31(21-18-24-9-5-4-6-10-24)23(2)17-19-28(22-30,25-11-7-8-12-25)26-13-15-27(29)16-14-26/h4-6,9-10,13-16,23,25H,3,7-8,11-12,17-21H2,1-2H3. The molecule has 0 spiro atoms. The first-order valence-corrected chi connectivity index (χ1v) is 12.4. The quantitative estimate of drug-likeness (QED) is 0.366. The fourth-order valence-corrected chi connectivity index (χ4v) is 5.46. The molecule has 0 aromatic heterocycles. The molecule has 2 atom stereocenters. The van der Waals surface area contributed by atoms with E-state index in [1.165, 1.54) is 18.4 Å². The molecule has 1 saturated carbocycles. The smallest absolute Gasteiger partial charge is 0.0851 e. The molecule has 3 heteroatoms. The predicted octanol–water partition coefficient (Wildman–Crippen LogP) is 7.41. The van der Waals surface area contributed by atoms with Crippen molar-refractivity contribution in [2.24, 2.45) is 5.92 Å². The summed E-state index contributed by atoms with van der Waals surface area (Å²) >= 11 is 6.16. The fourth-order valence-electron chi connectivity index (χ4n) is 5.34. The molecule has 0 bridgehead atoms. The molecule has 2 aromatic carbocycles. The average Bonchev–Trinajstić information content (AvgIpc) is 3.34. The Kier molecular flexibility index (Phi) is 9.00. The van der Waals surface area contributed by atoms with Gasteiger partial charge in [-0.1, -0.05) is 73.8 Å². The highest BCUT2D eigenvalue weighted by atomic mass is 35.5. The van der Waals surface area contributed by atoms with Crippen LogP contribution >= 0.6 is 11.6 Å². The minimum absolute atomic E-state index is 0.396. The van der Waals surface area contributed by atoms with Gasteiger partial charge in [0.1, 0.15) is 0 Å². The monoisotopic (exact) mass is 436 g/mol. The maximum Gasteiger partial charge on any atom is 0.0851 e. The molecule has 0 N–H and O–H groups in total. The highest BCUT2D eigenvalue weighted by molar-refractivity contribution is 6.30. The Labute approximate surface area is 194 Å². The van der Waals surface area contributed by atoms with Crippen molar-refractivity contribution in [3.05, 3.63) is 70.7 Å². The Morgan fingerprint density at radius 1 is 1.06 bits per heavy atom. The van der Waals surface area contributed by atoms with E-state index in [4.69, 9.17) is 11.6 Å². The molecule has 0 amide bonds. The van der Waals surface area contributed by atoms with Crippen LogP contribution in [0.15, 0.2) is 54.6 Å². The lowest BCUT2D eigenvalue weighted by molar-refractivity contribution is 0.184. The van der Waals surface area contributed by atoms with Gasteiger partial charge in [-0.15, -0.1) is 0 Å². The molecule has 0 saturated heterocycles. The molecule has 1 aliphatic carbocycles. The Morgan fingerprint density at radius 3 is 2.35 bits per heavy atom. The highest BCUT2D eigenvalue weighted by Gasteiger charge is 2.42. The summed E-state index contributed by atoms with van der Waals surface area (Å²) in [6.07, 6.45) is 9.02. The second-order valence-electron chi connectivity index (χ2n) is 9.23. The van der Waals surface area contributed by atoms with Crippen LogP contribution in [-0.4, -0.2) is 24.0 Å². The van der Waals surface area contributed by atoms with Crippen LogP contribution in [0.5, 0.6) is 0 Å². The average molecular weight is 437 g/mol. The lowest BCUT2D eigenvalue weighted by atomic mass is 9.67. The summed E-state index contributed by atoms with van der Waals surface area (Å²) in [5.74, 6) is 0.454. The highest BCUT2D eigenvalue weighted by Crippen LogP contribution is 2.45. The van der Waals surface area contributed by atoms with E-state index < -0.39 is 5.41 Å². The molecule has 1 aliphatic rings. The van der Waals surface area contributed by atoms with Gasteiger partial charge in [0, 0.05) is 17.6 Å². The van der Waals surface area contributed by atoms with Crippen LogP contribution < -0.4 is 0 Å². The normalized spacial score (nSPS) is 17.4. The van der Waals surface area contributed by atoms with E-state index in [9.17, 15) is 5.26 Å². The lowest BCUT2D eigenvalue weighted by Crippen LogP contribution is -2.39. The van der Waals surface area contributed by atoms with Crippen molar-refractivity contribution in [2.75, 3.05) is 13.1 Å². The predicted molar refractivity (Wildman–Crippen MR) is 131 cm³/mol. The number of nitriles is 1. The summed E-state index contributed by atoms with van der Waals surface area (Å²) in [6.45, 7) is 6.79. The molecule has 0 heterocycles. The third-order valence-electron chi connectivity index (χ3n) is 7.23. The third kappa shape index (κ3) is 6.12. The Morgan fingerprint density at radius 2 is 1.74 bits per heavy atom. The molecule has 2 nitrogen and oxygen atoms in total. The van der Waals surface area contributed by atoms with E-state index in [-0.39, 0.29) is 0 Å². The molecule has 2 aromatic rings. The molecule has 166 valence electrons. The molecule has 31 heavy (non-hydrogen) atoms. The minimum Gasteiger partial charge on any atom is -0.300 e. The van der Waals surface area contributed by atoms with Crippen LogP contribution in [0.3, 0.4) is 0 Å². The molecule has 0 aliphatic heterocycles. The lowest BCUT2D eigenvalue weighted by Gasteiger charge is -2.36. The van der Waals surface area contributed by atoms with Crippen LogP contribution in [0, 0.1) is 17.2 Å². The second-order valence-corrected chi connectivity index (χ2v) is 9.67. The minimum atomic E-state index is -0.396. The van der Waals surface area contributed by atoms with Crippen LogP contribution in [0.1, 0.15) is 69.9 Å². The van der Waals surface area contributed by atoms with Crippen molar-refractivity contribution in [1.82, 2.24) is 4.90 Å². The molecular weight excluding hydrogens is 400 g/mol.